The molecule has 1 aromatic heterocycles. The zero-order chi connectivity index (χ0) is 13.2. The highest BCUT2D eigenvalue weighted by Crippen LogP contribution is 2.36. The average Bonchev–Trinajstić information content (AvgIpc) is 2.95. The number of carboxylic acids is 1. The number of hydrogen-bond donors (Lipinski definition) is 2. The molecule has 0 radical (unpaired) electrons. The van der Waals surface area contributed by atoms with Crippen molar-refractivity contribution in [2.24, 2.45) is 0 Å². The summed E-state index contributed by atoms with van der Waals surface area (Å²) >= 11 is 1.85. The van der Waals surface area contributed by atoms with Gasteiger partial charge in [0.15, 0.2) is 5.76 Å². The number of thioether (sulfide) groups is 1. The molecule has 1 aliphatic rings. The summed E-state index contributed by atoms with van der Waals surface area (Å²) in [4.78, 5) is 22.4. The zero-order valence-corrected chi connectivity index (χ0v) is 10.9. The molecule has 0 spiro atoms. The predicted molar refractivity (Wildman–Crippen MR) is 68.1 cm³/mol. The van der Waals surface area contributed by atoms with Crippen LogP contribution in [-0.2, 0) is 0 Å². The first kappa shape index (κ1) is 13.0. The molecule has 1 amide bonds. The summed E-state index contributed by atoms with van der Waals surface area (Å²) in [6.45, 7) is 2.69. The van der Waals surface area contributed by atoms with Crippen LogP contribution in [0, 0.1) is 0 Å². The largest absolute Gasteiger partial charge is 0.475 e. The summed E-state index contributed by atoms with van der Waals surface area (Å²) in [6.07, 6.45) is 2.25. The Bertz CT molecular complexity index is 462. The Morgan fingerprint density at radius 2 is 2.22 bits per heavy atom. The lowest BCUT2D eigenvalue weighted by molar-refractivity contribution is 0.0659. The second-order valence-electron chi connectivity index (χ2n) is 4.55. The second kappa shape index (κ2) is 5.06. The molecular formula is C12H15NO4S. The first-order valence-corrected chi connectivity index (χ1v) is 6.74. The van der Waals surface area contributed by atoms with Gasteiger partial charge in [-0.3, -0.25) is 4.79 Å². The molecule has 1 aliphatic heterocycles. The van der Waals surface area contributed by atoms with Crippen LogP contribution in [0.3, 0.4) is 0 Å². The fourth-order valence-electron chi connectivity index (χ4n) is 1.91. The molecule has 1 unspecified atom stereocenters. The van der Waals surface area contributed by atoms with Crippen LogP contribution in [-0.4, -0.2) is 34.0 Å². The molecule has 0 saturated carbocycles. The molecule has 2 rings (SSSR count). The van der Waals surface area contributed by atoms with E-state index < -0.39 is 5.97 Å². The van der Waals surface area contributed by atoms with Gasteiger partial charge in [0.2, 0.25) is 5.76 Å². The van der Waals surface area contributed by atoms with E-state index in [9.17, 15) is 9.59 Å². The van der Waals surface area contributed by atoms with Crippen molar-refractivity contribution in [3.05, 3.63) is 23.7 Å². The Labute approximate surface area is 109 Å². The van der Waals surface area contributed by atoms with Gasteiger partial charge in [0.05, 0.1) is 0 Å². The predicted octanol–water partition coefficient (Wildman–Crippen LogP) is 1.99. The standard InChI is InChI=1S/C12H15NO4S/c1-12(5-2-6-18-12)7-13-10(14)8-3-4-9(17-8)11(15)16/h3-4H,2,5-7H2,1H3,(H,13,14)(H,15,16). The van der Waals surface area contributed by atoms with E-state index in [0.717, 1.165) is 12.2 Å². The average molecular weight is 269 g/mol. The Morgan fingerprint density at radius 3 is 2.78 bits per heavy atom. The number of aromatic carboxylic acids is 1. The number of amides is 1. The maximum absolute atomic E-state index is 11.8. The van der Waals surface area contributed by atoms with Gasteiger partial charge >= 0.3 is 5.97 Å². The van der Waals surface area contributed by atoms with Crippen molar-refractivity contribution in [3.8, 4) is 0 Å². The summed E-state index contributed by atoms with van der Waals surface area (Å²) in [5.41, 5.74) is 0. The highest BCUT2D eigenvalue weighted by molar-refractivity contribution is 8.00. The molecular weight excluding hydrogens is 254 g/mol. The summed E-state index contributed by atoms with van der Waals surface area (Å²) in [7, 11) is 0. The van der Waals surface area contributed by atoms with Crippen molar-refractivity contribution in [2.45, 2.75) is 24.5 Å². The van der Waals surface area contributed by atoms with Crippen molar-refractivity contribution in [2.75, 3.05) is 12.3 Å². The normalized spacial score (nSPS) is 22.9. The number of hydrogen-bond acceptors (Lipinski definition) is 4. The number of carbonyl (C=O) groups is 2. The van der Waals surface area contributed by atoms with Gasteiger partial charge in [-0.15, -0.1) is 0 Å². The van der Waals surface area contributed by atoms with Crippen LogP contribution >= 0.6 is 11.8 Å². The van der Waals surface area contributed by atoms with Crippen molar-refractivity contribution in [3.63, 3.8) is 0 Å². The summed E-state index contributed by atoms with van der Waals surface area (Å²) in [6, 6.07) is 2.66. The minimum atomic E-state index is -1.17. The van der Waals surface area contributed by atoms with Crippen LogP contribution < -0.4 is 5.32 Å². The molecule has 1 atom stereocenters. The molecule has 1 fully saturated rings. The van der Waals surface area contributed by atoms with Gasteiger partial charge in [0.1, 0.15) is 0 Å². The summed E-state index contributed by atoms with van der Waals surface area (Å²) in [5.74, 6) is -0.597. The number of carbonyl (C=O) groups excluding carboxylic acids is 1. The first-order valence-electron chi connectivity index (χ1n) is 5.75. The van der Waals surface area contributed by atoms with E-state index in [0.29, 0.717) is 6.54 Å². The van der Waals surface area contributed by atoms with E-state index in [1.54, 1.807) is 0 Å². The quantitative estimate of drug-likeness (QED) is 0.873. The molecule has 5 nitrogen and oxygen atoms in total. The first-order chi connectivity index (χ1) is 8.50. The molecule has 2 N–H and O–H groups in total. The zero-order valence-electron chi connectivity index (χ0n) is 10.1. The number of furan rings is 1. The lowest BCUT2D eigenvalue weighted by Gasteiger charge is -2.22. The van der Waals surface area contributed by atoms with E-state index in [-0.39, 0.29) is 22.2 Å². The third-order valence-corrected chi connectivity index (χ3v) is 4.50. The Balaban J connectivity index is 1.93. The molecule has 1 saturated heterocycles. The highest BCUT2D eigenvalue weighted by atomic mass is 32.2. The fourth-order valence-corrected chi connectivity index (χ4v) is 3.15. The van der Waals surface area contributed by atoms with Gasteiger partial charge in [-0.1, -0.05) is 0 Å². The van der Waals surface area contributed by atoms with Crippen molar-refractivity contribution >= 4 is 23.6 Å². The van der Waals surface area contributed by atoms with Gasteiger partial charge in [-0.2, -0.15) is 11.8 Å². The third-order valence-electron chi connectivity index (χ3n) is 2.96. The Morgan fingerprint density at radius 1 is 1.50 bits per heavy atom. The SMILES string of the molecule is CC1(CNC(=O)c2ccc(C(=O)O)o2)CCCS1. The van der Waals surface area contributed by atoms with Crippen LogP contribution in [0.4, 0.5) is 0 Å². The minimum absolute atomic E-state index is 0.0407. The molecule has 0 bridgehead atoms. The van der Waals surface area contributed by atoms with E-state index in [4.69, 9.17) is 9.52 Å². The molecule has 18 heavy (non-hydrogen) atoms. The lowest BCUT2D eigenvalue weighted by atomic mass is 10.1. The van der Waals surface area contributed by atoms with Crippen molar-refractivity contribution < 1.29 is 19.1 Å². The second-order valence-corrected chi connectivity index (χ2v) is 6.24. The van der Waals surface area contributed by atoms with Crippen LogP contribution in [0.5, 0.6) is 0 Å². The van der Waals surface area contributed by atoms with Gasteiger partial charge < -0.3 is 14.8 Å². The van der Waals surface area contributed by atoms with E-state index in [1.807, 2.05) is 11.8 Å². The van der Waals surface area contributed by atoms with Gasteiger partial charge in [-0.05, 0) is 37.7 Å². The van der Waals surface area contributed by atoms with E-state index >= 15 is 0 Å². The van der Waals surface area contributed by atoms with Crippen molar-refractivity contribution in [1.82, 2.24) is 5.32 Å². The van der Waals surface area contributed by atoms with Crippen LogP contribution in [0.2, 0.25) is 0 Å². The number of carboxylic acid groups (broad SMARTS) is 1. The smallest absolute Gasteiger partial charge is 0.371 e. The van der Waals surface area contributed by atoms with Crippen molar-refractivity contribution in [1.29, 1.82) is 0 Å². The third kappa shape index (κ3) is 2.87. The Kier molecular flexibility index (Phi) is 3.65. The topological polar surface area (TPSA) is 79.5 Å². The van der Waals surface area contributed by atoms with Gasteiger partial charge in [-0.25, -0.2) is 4.79 Å². The molecule has 0 aromatic carbocycles. The summed E-state index contributed by atoms with van der Waals surface area (Å²) < 4.78 is 5.02. The van der Waals surface area contributed by atoms with Crippen LogP contribution in [0.15, 0.2) is 16.5 Å². The Hall–Kier alpha value is -1.43. The molecule has 6 heteroatoms. The molecule has 98 valence electrons. The van der Waals surface area contributed by atoms with E-state index in [1.165, 1.54) is 18.6 Å². The monoisotopic (exact) mass is 269 g/mol. The summed E-state index contributed by atoms with van der Waals surface area (Å²) in [5, 5.41) is 11.5. The van der Waals surface area contributed by atoms with Crippen LogP contribution in [0.1, 0.15) is 40.9 Å². The minimum Gasteiger partial charge on any atom is -0.475 e. The van der Waals surface area contributed by atoms with Gasteiger partial charge in [0, 0.05) is 11.3 Å². The maximum Gasteiger partial charge on any atom is 0.371 e. The van der Waals surface area contributed by atoms with E-state index in [2.05, 4.69) is 12.2 Å². The molecule has 2 heterocycles. The maximum atomic E-state index is 11.8. The fraction of sp³-hybridized carbons (Fsp3) is 0.500. The highest BCUT2D eigenvalue weighted by Gasteiger charge is 2.30. The molecule has 1 aromatic rings. The molecule has 0 aliphatic carbocycles. The van der Waals surface area contributed by atoms with Crippen LogP contribution in [0.25, 0.3) is 0 Å². The van der Waals surface area contributed by atoms with Gasteiger partial charge in [0.25, 0.3) is 5.91 Å². The number of nitrogens with one attached hydrogen (secondary N) is 1. The lowest BCUT2D eigenvalue weighted by Crippen LogP contribution is -2.36. The number of rotatable bonds is 4.